The SMILES string of the molecule is Cc1ccc2oc3c(ccc4c3c3cc(C#N)ccc3n4-c3cc(C#N)cc(-c4cccc(-n5c6cc(-c7ccccn7)ccc6c6c7c(ccc65)sc5ccccc57)c4)c3)c2c1. The van der Waals surface area contributed by atoms with E-state index in [9.17, 15) is 10.5 Å². The molecule has 292 valence electrons. The summed E-state index contributed by atoms with van der Waals surface area (Å²) < 4.78 is 13.7. The number of benzene rings is 8. The van der Waals surface area contributed by atoms with Crippen LogP contribution in [0.2, 0.25) is 0 Å². The van der Waals surface area contributed by atoms with E-state index in [1.165, 1.54) is 30.9 Å². The number of furan rings is 1. The number of hydrogen-bond donors (Lipinski definition) is 0. The van der Waals surface area contributed by atoms with E-state index in [2.05, 4.69) is 143 Å². The van der Waals surface area contributed by atoms with Crippen molar-refractivity contribution in [2.75, 3.05) is 0 Å². The number of rotatable bonds is 4. The van der Waals surface area contributed by atoms with Crippen LogP contribution in [0, 0.1) is 29.6 Å². The van der Waals surface area contributed by atoms with Crippen LogP contribution in [0.4, 0.5) is 0 Å². The van der Waals surface area contributed by atoms with Crippen molar-refractivity contribution in [3.63, 3.8) is 0 Å². The lowest BCUT2D eigenvalue weighted by atomic mass is 10.0. The van der Waals surface area contributed by atoms with Gasteiger partial charge in [-0.3, -0.25) is 4.98 Å². The van der Waals surface area contributed by atoms with Crippen LogP contribution in [0.3, 0.4) is 0 Å². The highest BCUT2D eigenvalue weighted by atomic mass is 32.1. The number of pyridine rings is 1. The maximum absolute atomic E-state index is 10.6. The molecule has 0 fully saturated rings. The third-order valence-corrected chi connectivity index (χ3v) is 13.8. The van der Waals surface area contributed by atoms with E-state index < -0.39 is 0 Å². The van der Waals surface area contributed by atoms with Crippen LogP contribution in [0.5, 0.6) is 0 Å². The molecule has 5 aromatic heterocycles. The topological polar surface area (TPSA) is 83.5 Å². The third-order valence-electron chi connectivity index (χ3n) is 12.6. The Kier molecular flexibility index (Phi) is 7.42. The van der Waals surface area contributed by atoms with Crippen molar-refractivity contribution in [2.24, 2.45) is 0 Å². The Hall–Kier alpha value is -8.49. The summed E-state index contributed by atoms with van der Waals surface area (Å²) in [7, 11) is 0. The summed E-state index contributed by atoms with van der Waals surface area (Å²) >= 11 is 1.83. The molecule has 0 amide bonds. The highest BCUT2D eigenvalue weighted by molar-refractivity contribution is 7.26. The second-order valence-corrected chi connectivity index (χ2v) is 17.3. The van der Waals surface area contributed by atoms with Gasteiger partial charge in [0, 0.05) is 70.2 Å². The number of hydrogen-bond acceptors (Lipinski definition) is 5. The Labute approximate surface area is 363 Å². The maximum Gasteiger partial charge on any atom is 0.145 e. The molecule has 63 heavy (non-hydrogen) atoms. The molecule has 0 saturated heterocycles. The summed E-state index contributed by atoms with van der Waals surface area (Å²) in [4.78, 5) is 4.71. The summed E-state index contributed by atoms with van der Waals surface area (Å²) in [5.41, 5.74) is 13.6. The molecule has 0 aliphatic heterocycles. The van der Waals surface area contributed by atoms with Crippen molar-refractivity contribution in [3.05, 3.63) is 187 Å². The lowest BCUT2D eigenvalue weighted by Crippen LogP contribution is -1.97. The minimum Gasteiger partial charge on any atom is -0.455 e. The number of aryl methyl sites for hydroxylation is 1. The molecule has 0 aliphatic rings. The highest BCUT2D eigenvalue weighted by Crippen LogP contribution is 2.45. The summed E-state index contributed by atoms with van der Waals surface area (Å²) in [6.45, 7) is 2.09. The van der Waals surface area contributed by atoms with Crippen molar-refractivity contribution >= 4 is 97.1 Å². The van der Waals surface area contributed by atoms with Crippen molar-refractivity contribution in [1.82, 2.24) is 14.1 Å². The van der Waals surface area contributed by atoms with E-state index >= 15 is 0 Å². The first-order valence-electron chi connectivity index (χ1n) is 20.8. The zero-order valence-electron chi connectivity index (χ0n) is 33.7. The maximum atomic E-state index is 10.6. The Morgan fingerprint density at radius 2 is 1.30 bits per heavy atom. The molecule has 0 spiro atoms. The van der Waals surface area contributed by atoms with Crippen LogP contribution >= 0.6 is 11.3 Å². The van der Waals surface area contributed by atoms with Crippen LogP contribution in [0.1, 0.15) is 16.7 Å². The fraction of sp³-hybridized carbons (Fsp3) is 0.0179. The number of nitriles is 2. The largest absolute Gasteiger partial charge is 0.455 e. The standard InChI is InChI=1S/C56H31N5OS/c1-32-12-20-50-43(23-32)40-16-18-48-54(56(40)62-50)44-26-33(30-57)13-17-46(44)61(48)39-25-34(31-58)24-37(28-39)35-7-6-8-38(27-35)60-47-19-21-52-55(42-9-2-3-11-51(42)63-52)53(47)41-15-14-36(29-49(41)60)45-10-4-5-22-59-45/h2-29H,1H3. The predicted molar refractivity (Wildman–Crippen MR) is 258 cm³/mol. The Morgan fingerprint density at radius 3 is 2.19 bits per heavy atom. The van der Waals surface area contributed by atoms with Crippen molar-refractivity contribution in [2.45, 2.75) is 6.92 Å². The van der Waals surface area contributed by atoms with Crippen LogP contribution in [0.25, 0.3) is 119 Å². The molecule has 0 atom stereocenters. The summed E-state index contributed by atoms with van der Waals surface area (Å²) in [6.07, 6.45) is 1.84. The molecule has 7 heteroatoms. The van der Waals surface area contributed by atoms with Crippen molar-refractivity contribution < 1.29 is 4.42 Å². The molecule has 8 aromatic carbocycles. The number of thiophene rings is 1. The first-order valence-corrected chi connectivity index (χ1v) is 21.6. The smallest absolute Gasteiger partial charge is 0.145 e. The number of aromatic nitrogens is 3. The second kappa shape index (κ2) is 13.3. The number of fused-ring (bicyclic) bond motifs is 14. The van der Waals surface area contributed by atoms with Gasteiger partial charge < -0.3 is 13.6 Å². The second-order valence-electron chi connectivity index (χ2n) is 16.3. The molecule has 0 bridgehead atoms. The van der Waals surface area contributed by atoms with Gasteiger partial charge in [-0.15, -0.1) is 11.3 Å². The summed E-state index contributed by atoms with van der Waals surface area (Å²) in [5, 5.41) is 29.4. The molecule has 13 aromatic rings. The molecule has 5 heterocycles. The zero-order chi connectivity index (χ0) is 41.9. The van der Waals surface area contributed by atoms with Gasteiger partial charge in [0.25, 0.3) is 0 Å². The van der Waals surface area contributed by atoms with Gasteiger partial charge in [0.1, 0.15) is 11.2 Å². The van der Waals surface area contributed by atoms with E-state index in [0.717, 1.165) is 94.1 Å². The lowest BCUT2D eigenvalue weighted by molar-refractivity contribution is 0.673. The average Bonchev–Trinajstić information content (AvgIpc) is 4.08. The number of nitrogens with zero attached hydrogens (tertiary/aromatic N) is 5. The van der Waals surface area contributed by atoms with E-state index in [4.69, 9.17) is 9.40 Å². The first-order chi connectivity index (χ1) is 31.0. The van der Waals surface area contributed by atoms with E-state index in [1.54, 1.807) is 0 Å². The van der Waals surface area contributed by atoms with Gasteiger partial charge in [-0.2, -0.15) is 10.5 Å². The van der Waals surface area contributed by atoms with Crippen LogP contribution in [-0.4, -0.2) is 14.1 Å². The normalized spacial score (nSPS) is 11.9. The fourth-order valence-electron chi connectivity index (χ4n) is 9.89. The molecule has 0 radical (unpaired) electrons. The van der Waals surface area contributed by atoms with Crippen LogP contribution in [0.15, 0.2) is 174 Å². The highest BCUT2D eigenvalue weighted by Gasteiger charge is 2.22. The monoisotopic (exact) mass is 821 g/mol. The molecule has 0 aliphatic carbocycles. The molecule has 6 nitrogen and oxygen atoms in total. The Morgan fingerprint density at radius 1 is 0.492 bits per heavy atom. The van der Waals surface area contributed by atoms with Gasteiger partial charge in [-0.25, -0.2) is 0 Å². The van der Waals surface area contributed by atoms with Crippen LogP contribution in [-0.2, 0) is 0 Å². The van der Waals surface area contributed by atoms with Gasteiger partial charge in [0.2, 0.25) is 0 Å². The first kappa shape index (κ1) is 35.3. The van der Waals surface area contributed by atoms with Gasteiger partial charge in [-0.05, 0) is 127 Å². The van der Waals surface area contributed by atoms with Crippen LogP contribution < -0.4 is 0 Å². The fourth-order valence-corrected chi connectivity index (χ4v) is 11.0. The Bertz CT molecular complexity index is 4190. The van der Waals surface area contributed by atoms with Gasteiger partial charge >= 0.3 is 0 Å². The molecular weight excluding hydrogens is 791 g/mol. The Balaban J connectivity index is 1.04. The minimum atomic E-state index is 0.542. The van der Waals surface area contributed by atoms with Gasteiger partial charge in [0.15, 0.2) is 0 Å². The quantitative estimate of drug-likeness (QED) is 0.177. The lowest BCUT2D eigenvalue weighted by Gasteiger charge is -2.14. The van der Waals surface area contributed by atoms with Crippen molar-refractivity contribution in [3.8, 4) is 45.9 Å². The molecule has 0 saturated carbocycles. The predicted octanol–water partition coefficient (Wildman–Crippen LogP) is 14.9. The molecular formula is C56H31N5OS. The minimum absolute atomic E-state index is 0.542. The van der Waals surface area contributed by atoms with E-state index in [-0.39, 0.29) is 0 Å². The summed E-state index contributed by atoms with van der Waals surface area (Å²) in [6, 6.07) is 61.7. The zero-order valence-corrected chi connectivity index (χ0v) is 34.5. The van der Waals surface area contributed by atoms with E-state index in [1.807, 2.05) is 66.1 Å². The van der Waals surface area contributed by atoms with Crippen molar-refractivity contribution in [1.29, 1.82) is 10.5 Å². The average molecular weight is 822 g/mol. The molecule has 0 N–H and O–H groups in total. The third kappa shape index (κ3) is 5.18. The van der Waals surface area contributed by atoms with E-state index in [0.29, 0.717) is 11.1 Å². The van der Waals surface area contributed by atoms with Gasteiger partial charge in [-0.1, -0.05) is 60.2 Å². The molecule has 0 unspecified atom stereocenters. The van der Waals surface area contributed by atoms with Gasteiger partial charge in [0.05, 0.1) is 56.4 Å². The molecule has 13 rings (SSSR count). The summed E-state index contributed by atoms with van der Waals surface area (Å²) in [5.74, 6) is 0.